The summed E-state index contributed by atoms with van der Waals surface area (Å²) in [6.45, 7) is 2.66. The van der Waals surface area contributed by atoms with Gasteiger partial charge in [-0.05, 0) is 24.3 Å². The number of rotatable bonds is 3. The van der Waals surface area contributed by atoms with Crippen molar-refractivity contribution < 1.29 is 14.3 Å². The van der Waals surface area contributed by atoms with Crippen molar-refractivity contribution in [3.05, 3.63) is 60.6 Å². The Morgan fingerprint density at radius 1 is 1.24 bits per heavy atom. The van der Waals surface area contributed by atoms with Gasteiger partial charge in [0.1, 0.15) is 11.5 Å². The monoisotopic (exact) mass is 442 g/mol. The topological polar surface area (TPSA) is 96.5 Å². The van der Waals surface area contributed by atoms with Gasteiger partial charge in [-0.1, -0.05) is 12.1 Å². The molecule has 0 amide bonds. The Morgan fingerprint density at radius 2 is 2.18 bits per heavy atom. The smallest absolute Gasteiger partial charge is 0.338 e. The fourth-order valence-electron chi connectivity index (χ4n) is 4.60. The van der Waals surface area contributed by atoms with Crippen LogP contribution in [0.2, 0.25) is 0 Å². The van der Waals surface area contributed by atoms with Gasteiger partial charge >= 0.3 is 5.97 Å². The van der Waals surface area contributed by atoms with Gasteiger partial charge in [0.05, 0.1) is 38.1 Å². The van der Waals surface area contributed by atoms with E-state index in [4.69, 9.17) is 19.4 Å². The number of morpholine rings is 1. The molecule has 5 heterocycles. The number of ether oxygens (including phenoxy) is 2. The number of anilines is 3. The summed E-state index contributed by atoms with van der Waals surface area (Å²) in [5, 5.41) is 1.08. The number of nitrogens with one attached hydrogen (secondary N) is 1. The van der Waals surface area contributed by atoms with Crippen molar-refractivity contribution in [1.29, 1.82) is 0 Å². The summed E-state index contributed by atoms with van der Waals surface area (Å²) in [5.41, 5.74) is 3.32. The Morgan fingerprint density at radius 3 is 3.09 bits per heavy atom. The molecule has 1 unspecified atom stereocenters. The number of aromatic nitrogens is 4. The first-order valence-corrected chi connectivity index (χ1v) is 10.8. The minimum Gasteiger partial charge on any atom is -0.465 e. The van der Waals surface area contributed by atoms with Crippen LogP contribution in [0.5, 0.6) is 0 Å². The third-order valence-corrected chi connectivity index (χ3v) is 6.21. The lowest BCUT2D eigenvalue weighted by atomic mass is 10.1. The lowest BCUT2D eigenvalue weighted by Crippen LogP contribution is -2.54. The molecule has 1 aromatic carbocycles. The first kappa shape index (κ1) is 19.7. The second kappa shape index (κ2) is 7.86. The van der Waals surface area contributed by atoms with Crippen LogP contribution < -0.4 is 9.80 Å². The Balaban J connectivity index is 1.48. The highest BCUT2D eigenvalue weighted by Gasteiger charge is 2.36. The largest absolute Gasteiger partial charge is 0.465 e. The van der Waals surface area contributed by atoms with E-state index in [1.807, 2.05) is 36.7 Å². The lowest BCUT2D eigenvalue weighted by molar-refractivity contribution is 0.0600. The van der Waals surface area contributed by atoms with Gasteiger partial charge in [-0.2, -0.15) is 0 Å². The van der Waals surface area contributed by atoms with Gasteiger partial charge in [0, 0.05) is 41.9 Å². The number of methoxy groups -OCH3 is 1. The van der Waals surface area contributed by atoms with E-state index in [-0.39, 0.29) is 6.04 Å². The van der Waals surface area contributed by atoms with E-state index < -0.39 is 5.97 Å². The van der Waals surface area contributed by atoms with Crippen molar-refractivity contribution in [2.45, 2.75) is 6.04 Å². The van der Waals surface area contributed by atoms with E-state index in [1.165, 1.54) is 7.11 Å². The first-order valence-electron chi connectivity index (χ1n) is 10.8. The molecular formula is C24H22N6O3. The molecule has 9 nitrogen and oxygen atoms in total. The van der Waals surface area contributed by atoms with E-state index >= 15 is 0 Å². The molecule has 9 heteroatoms. The number of carbonyl (C=O) groups excluding carboxylic acids is 1. The average Bonchev–Trinajstić information content (AvgIpc) is 3.36. The number of pyridine rings is 1. The van der Waals surface area contributed by atoms with E-state index in [1.54, 1.807) is 18.3 Å². The zero-order valence-corrected chi connectivity index (χ0v) is 18.1. The van der Waals surface area contributed by atoms with E-state index in [0.29, 0.717) is 37.0 Å². The van der Waals surface area contributed by atoms with Gasteiger partial charge in [-0.3, -0.25) is 0 Å². The summed E-state index contributed by atoms with van der Waals surface area (Å²) in [7, 11) is 1.37. The number of esters is 1. The van der Waals surface area contributed by atoms with Gasteiger partial charge in [-0.15, -0.1) is 0 Å². The molecule has 2 aliphatic rings. The molecule has 0 radical (unpaired) electrons. The van der Waals surface area contributed by atoms with Gasteiger partial charge in [0.2, 0.25) is 0 Å². The van der Waals surface area contributed by atoms with Crippen LogP contribution in [0.3, 0.4) is 0 Å². The van der Waals surface area contributed by atoms with Crippen molar-refractivity contribution in [2.75, 3.05) is 43.2 Å². The van der Waals surface area contributed by atoms with Crippen LogP contribution in [0, 0.1) is 0 Å². The van der Waals surface area contributed by atoms with Crippen LogP contribution in [-0.4, -0.2) is 65.4 Å². The molecule has 0 bridgehead atoms. The Bertz CT molecular complexity index is 1350. The SMILES string of the molecule is COC(=O)c1ccnc(N2CC3COCCN3c3nc(-c4cccc5[nH]ccc45)ncc32)c1. The van der Waals surface area contributed by atoms with Crippen molar-refractivity contribution >= 4 is 34.2 Å². The summed E-state index contributed by atoms with van der Waals surface area (Å²) in [6, 6.07) is 11.6. The molecular weight excluding hydrogens is 420 g/mol. The number of hydrogen-bond acceptors (Lipinski definition) is 8. The number of carbonyl (C=O) groups is 1. The summed E-state index contributed by atoms with van der Waals surface area (Å²) in [4.78, 5) is 34.0. The van der Waals surface area contributed by atoms with Crippen molar-refractivity contribution in [2.24, 2.45) is 0 Å². The van der Waals surface area contributed by atoms with Crippen molar-refractivity contribution in [1.82, 2.24) is 19.9 Å². The average molecular weight is 442 g/mol. The fourth-order valence-corrected chi connectivity index (χ4v) is 4.60. The van der Waals surface area contributed by atoms with Crippen molar-refractivity contribution in [3.8, 4) is 11.4 Å². The molecule has 4 aromatic rings. The van der Waals surface area contributed by atoms with Crippen LogP contribution in [-0.2, 0) is 9.47 Å². The van der Waals surface area contributed by atoms with Crippen LogP contribution >= 0.6 is 0 Å². The van der Waals surface area contributed by atoms with Gasteiger partial charge in [0.25, 0.3) is 0 Å². The van der Waals surface area contributed by atoms with Crippen LogP contribution in [0.25, 0.3) is 22.3 Å². The van der Waals surface area contributed by atoms with Gasteiger partial charge < -0.3 is 24.3 Å². The Kier molecular flexibility index (Phi) is 4.69. The molecule has 33 heavy (non-hydrogen) atoms. The molecule has 3 aromatic heterocycles. The zero-order valence-electron chi connectivity index (χ0n) is 18.1. The maximum atomic E-state index is 12.1. The maximum Gasteiger partial charge on any atom is 0.338 e. The number of benzene rings is 1. The molecule has 0 aliphatic carbocycles. The first-order chi connectivity index (χ1) is 16.2. The normalized spacial score (nSPS) is 17.5. The van der Waals surface area contributed by atoms with Crippen LogP contribution in [0.1, 0.15) is 10.4 Å². The molecule has 1 N–H and O–H groups in total. The molecule has 0 spiro atoms. The number of fused-ring (bicyclic) bond motifs is 4. The molecule has 1 fully saturated rings. The summed E-state index contributed by atoms with van der Waals surface area (Å²) in [5.74, 6) is 1.76. The molecule has 1 atom stereocenters. The highest BCUT2D eigenvalue weighted by atomic mass is 16.5. The number of hydrogen-bond donors (Lipinski definition) is 1. The Labute approximate surface area is 190 Å². The molecule has 0 saturated carbocycles. The summed E-state index contributed by atoms with van der Waals surface area (Å²) < 4.78 is 10.7. The zero-order chi connectivity index (χ0) is 22.4. The fraction of sp³-hybridized carbons (Fsp3) is 0.250. The quantitative estimate of drug-likeness (QED) is 0.484. The second-order valence-corrected chi connectivity index (χ2v) is 8.07. The number of nitrogens with zero attached hydrogens (tertiary/aromatic N) is 5. The molecule has 1 saturated heterocycles. The highest BCUT2D eigenvalue weighted by molar-refractivity contribution is 5.94. The maximum absolute atomic E-state index is 12.1. The molecule has 166 valence electrons. The Hall–Kier alpha value is -3.98. The van der Waals surface area contributed by atoms with Gasteiger partial charge in [-0.25, -0.2) is 19.7 Å². The number of H-pyrrole nitrogens is 1. The minimum atomic E-state index is -0.398. The number of aromatic amines is 1. The van der Waals surface area contributed by atoms with Crippen molar-refractivity contribution in [3.63, 3.8) is 0 Å². The third kappa shape index (κ3) is 3.28. The predicted octanol–water partition coefficient (Wildman–Crippen LogP) is 3.16. The molecule has 2 aliphatic heterocycles. The standard InChI is InChI=1S/C24H22N6O3/c1-32-24(31)15-5-7-26-21(11-15)30-13-16-14-33-10-9-29(16)23-20(30)12-27-22(28-23)18-3-2-4-19-17(18)6-8-25-19/h2-8,11-12,16,25H,9-10,13-14H2,1H3. The minimum absolute atomic E-state index is 0.112. The summed E-state index contributed by atoms with van der Waals surface area (Å²) in [6.07, 6.45) is 5.39. The second-order valence-electron chi connectivity index (χ2n) is 8.07. The van der Waals surface area contributed by atoms with Gasteiger partial charge in [0.15, 0.2) is 11.6 Å². The molecule has 6 rings (SSSR count). The van der Waals surface area contributed by atoms with E-state index in [0.717, 1.165) is 34.5 Å². The predicted molar refractivity (Wildman–Crippen MR) is 124 cm³/mol. The van der Waals surface area contributed by atoms with E-state index in [2.05, 4.69) is 19.8 Å². The third-order valence-electron chi connectivity index (χ3n) is 6.21. The van der Waals surface area contributed by atoms with E-state index in [9.17, 15) is 4.79 Å². The summed E-state index contributed by atoms with van der Waals surface area (Å²) >= 11 is 0. The highest BCUT2D eigenvalue weighted by Crippen LogP contribution is 2.40. The van der Waals surface area contributed by atoms with Crippen LogP contribution in [0.15, 0.2) is 55.0 Å². The van der Waals surface area contributed by atoms with Crippen LogP contribution in [0.4, 0.5) is 17.3 Å². The lowest BCUT2D eigenvalue weighted by Gasteiger charge is -2.45.